The first-order valence-corrected chi connectivity index (χ1v) is 7.99. The van der Waals surface area contributed by atoms with Gasteiger partial charge in [0.2, 0.25) is 0 Å². The Morgan fingerprint density at radius 1 is 1.08 bits per heavy atom. The van der Waals surface area contributed by atoms with Gasteiger partial charge in [0.1, 0.15) is 5.82 Å². The molecule has 128 valence electrons. The molecule has 4 rings (SSSR count). The van der Waals surface area contributed by atoms with E-state index in [4.69, 9.17) is 0 Å². The number of halogens is 3. The van der Waals surface area contributed by atoms with Crippen LogP contribution >= 0.6 is 0 Å². The molecule has 0 radical (unpaired) electrons. The quantitative estimate of drug-likeness (QED) is 0.737. The molecule has 1 aliphatic carbocycles. The molecule has 2 aromatic carbocycles. The summed E-state index contributed by atoms with van der Waals surface area (Å²) >= 11 is 0. The summed E-state index contributed by atoms with van der Waals surface area (Å²) in [6.07, 6.45) is 3.64. The number of hydrogen-bond acceptors (Lipinski definition) is 1. The van der Waals surface area contributed by atoms with Crippen LogP contribution in [0.4, 0.5) is 13.2 Å². The fourth-order valence-electron chi connectivity index (χ4n) is 3.22. The van der Waals surface area contributed by atoms with Crippen LogP contribution in [0.5, 0.6) is 0 Å². The summed E-state index contributed by atoms with van der Waals surface area (Å²) in [5.74, 6) is -2.79. The summed E-state index contributed by atoms with van der Waals surface area (Å²) in [6, 6.07) is 7.66. The maximum absolute atomic E-state index is 13.3. The second kappa shape index (κ2) is 5.65. The van der Waals surface area contributed by atoms with Crippen LogP contribution in [0.3, 0.4) is 0 Å². The maximum Gasteiger partial charge on any atom is 0.251 e. The fourth-order valence-corrected chi connectivity index (χ4v) is 3.22. The average Bonchev–Trinajstić information content (AvgIpc) is 3.27. The lowest BCUT2D eigenvalue weighted by atomic mass is 9.95. The topological polar surface area (TPSA) is 44.9 Å². The van der Waals surface area contributed by atoms with Gasteiger partial charge in [-0.05, 0) is 54.8 Å². The SMILES string of the molecule is O=C(NCC1(c2c[nH]c3cc(F)ccc23)CC1)c1ccc(F)c(F)c1. The molecule has 0 unspecified atom stereocenters. The molecule has 1 aromatic heterocycles. The van der Waals surface area contributed by atoms with Crippen molar-refractivity contribution in [1.29, 1.82) is 0 Å². The molecule has 0 aliphatic heterocycles. The van der Waals surface area contributed by atoms with E-state index < -0.39 is 17.5 Å². The van der Waals surface area contributed by atoms with Crippen LogP contribution in [0.1, 0.15) is 28.8 Å². The lowest BCUT2D eigenvalue weighted by Gasteiger charge is -2.16. The molecule has 1 amide bonds. The first kappa shape index (κ1) is 15.7. The van der Waals surface area contributed by atoms with Crippen molar-refractivity contribution in [2.24, 2.45) is 0 Å². The number of benzene rings is 2. The van der Waals surface area contributed by atoms with Crippen molar-refractivity contribution in [3.8, 4) is 0 Å². The summed E-state index contributed by atoms with van der Waals surface area (Å²) in [5.41, 5.74) is 1.63. The van der Waals surface area contributed by atoms with E-state index in [1.807, 2.05) is 6.20 Å². The van der Waals surface area contributed by atoms with Gasteiger partial charge in [-0.15, -0.1) is 0 Å². The fraction of sp³-hybridized carbons (Fsp3) is 0.211. The van der Waals surface area contributed by atoms with Gasteiger partial charge in [0.15, 0.2) is 11.6 Å². The maximum atomic E-state index is 13.3. The summed E-state index contributed by atoms with van der Waals surface area (Å²) in [5, 5.41) is 3.73. The number of amides is 1. The van der Waals surface area contributed by atoms with Gasteiger partial charge in [-0.2, -0.15) is 0 Å². The number of fused-ring (bicyclic) bond motifs is 1. The third-order valence-corrected chi connectivity index (χ3v) is 4.84. The number of rotatable bonds is 4. The highest BCUT2D eigenvalue weighted by molar-refractivity contribution is 5.94. The monoisotopic (exact) mass is 344 g/mol. The second-order valence-electron chi connectivity index (χ2n) is 6.48. The summed E-state index contributed by atoms with van der Waals surface area (Å²) in [6.45, 7) is 0.384. The van der Waals surface area contributed by atoms with Crippen molar-refractivity contribution >= 4 is 16.8 Å². The Hall–Kier alpha value is -2.76. The third kappa shape index (κ3) is 2.77. The van der Waals surface area contributed by atoms with Gasteiger partial charge in [-0.1, -0.05) is 0 Å². The largest absolute Gasteiger partial charge is 0.361 e. The smallest absolute Gasteiger partial charge is 0.251 e. The molecule has 0 atom stereocenters. The molecule has 3 aromatic rings. The van der Waals surface area contributed by atoms with E-state index in [9.17, 15) is 18.0 Å². The van der Waals surface area contributed by atoms with Crippen molar-refractivity contribution in [2.75, 3.05) is 6.54 Å². The van der Waals surface area contributed by atoms with Crippen LogP contribution in [-0.2, 0) is 5.41 Å². The Bertz CT molecular complexity index is 976. The first-order chi connectivity index (χ1) is 12.0. The first-order valence-electron chi connectivity index (χ1n) is 7.99. The van der Waals surface area contributed by atoms with Crippen molar-refractivity contribution in [3.63, 3.8) is 0 Å². The Morgan fingerprint density at radius 2 is 1.88 bits per heavy atom. The molecule has 25 heavy (non-hydrogen) atoms. The van der Waals surface area contributed by atoms with Gasteiger partial charge >= 0.3 is 0 Å². The van der Waals surface area contributed by atoms with Gasteiger partial charge in [-0.3, -0.25) is 4.79 Å². The molecular formula is C19H15F3N2O. The van der Waals surface area contributed by atoms with Crippen molar-refractivity contribution < 1.29 is 18.0 Å². The van der Waals surface area contributed by atoms with Gasteiger partial charge in [0, 0.05) is 34.6 Å². The Kier molecular flexibility index (Phi) is 3.56. The molecule has 1 saturated carbocycles. The van der Waals surface area contributed by atoms with Crippen molar-refractivity contribution in [3.05, 3.63) is 71.2 Å². The van der Waals surface area contributed by atoms with Gasteiger partial charge < -0.3 is 10.3 Å². The second-order valence-corrected chi connectivity index (χ2v) is 6.48. The number of H-pyrrole nitrogens is 1. The number of nitrogens with one attached hydrogen (secondary N) is 2. The van der Waals surface area contributed by atoms with Gasteiger partial charge in [0.05, 0.1) is 0 Å². The summed E-state index contributed by atoms with van der Waals surface area (Å²) < 4.78 is 39.6. The molecule has 1 fully saturated rings. The number of hydrogen-bond donors (Lipinski definition) is 2. The minimum atomic E-state index is -1.05. The van der Waals surface area contributed by atoms with E-state index in [1.165, 1.54) is 18.2 Å². The minimum Gasteiger partial charge on any atom is -0.361 e. The van der Waals surface area contributed by atoms with Crippen LogP contribution in [0.25, 0.3) is 10.9 Å². The molecule has 6 heteroatoms. The number of aromatic nitrogens is 1. The predicted molar refractivity (Wildman–Crippen MR) is 87.9 cm³/mol. The van der Waals surface area contributed by atoms with Crippen LogP contribution in [0.2, 0.25) is 0 Å². The highest BCUT2D eigenvalue weighted by Crippen LogP contribution is 2.50. The summed E-state index contributed by atoms with van der Waals surface area (Å²) in [4.78, 5) is 15.3. The van der Waals surface area contributed by atoms with Crippen LogP contribution in [0, 0.1) is 17.5 Å². The molecule has 3 nitrogen and oxygen atoms in total. The third-order valence-electron chi connectivity index (χ3n) is 4.84. The molecule has 1 heterocycles. The van der Waals surface area contributed by atoms with Crippen LogP contribution in [0.15, 0.2) is 42.6 Å². The van der Waals surface area contributed by atoms with E-state index in [0.29, 0.717) is 12.1 Å². The molecule has 2 N–H and O–H groups in total. The predicted octanol–water partition coefficient (Wildman–Crippen LogP) is 4.05. The molecule has 1 aliphatic rings. The minimum absolute atomic E-state index is 0.0793. The van der Waals surface area contributed by atoms with Gasteiger partial charge in [-0.25, -0.2) is 13.2 Å². The normalized spacial score (nSPS) is 15.3. The zero-order chi connectivity index (χ0) is 17.6. The molecular weight excluding hydrogens is 329 g/mol. The zero-order valence-corrected chi connectivity index (χ0v) is 13.2. The standard InChI is InChI=1S/C19H15F3N2O/c20-12-2-3-13-14(9-23-17(13)8-12)19(5-6-19)10-24-18(25)11-1-4-15(21)16(22)7-11/h1-4,7-9,23H,5-6,10H2,(H,24,25). The van der Waals surface area contributed by atoms with E-state index in [0.717, 1.165) is 35.9 Å². The lowest BCUT2D eigenvalue weighted by molar-refractivity contribution is 0.0949. The van der Waals surface area contributed by atoms with E-state index in [1.54, 1.807) is 6.07 Å². The molecule has 0 saturated heterocycles. The van der Waals surface area contributed by atoms with Crippen molar-refractivity contribution in [2.45, 2.75) is 18.3 Å². The van der Waals surface area contributed by atoms with E-state index >= 15 is 0 Å². The highest BCUT2D eigenvalue weighted by Gasteiger charge is 2.45. The number of carbonyl (C=O) groups excluding carboxylic acids is 1. The summed E-state index contributed by atoms with van der Waals surface area (Å²) in [7, 11) is 0. The highest BCUT2D eigenvalue weighted by atomic mass is 19.2. The van der Waals surface area contributed by atoms with Gasteiger partial charge in [0.25, 0.3) is 5.91 Å². The van der Waals surface area contributed by atoms with Crippen LogP contribution < -0.4 is 5.32 Å². The molecule has 0 spiro atoms. The Labute approximate surface area is 141 Å². The van der Waals surface area contributed by atoms with E-state index in [2.05, 4.69) is 10.3 Å². The average molecular weight is 344 g/mol. The van der Waals surface area contributed by atoms with Crippen molar-refractivity contribution in [1.82, 2.24) is 10.3 Å². The zero-order valence-electron chi connectivity index (χ0n) is 13.2. The lowest BCUT2D eigenvalue weighted by Crippen LogP contribution is -2.32. The molecule has 0 bridgehead atoms. The Balaban J connectivity index is 1.53. The Morgan fingerprint density at radius 3 is 2.60 bits per heavy atom. The van der Waals surface area contributed by atoms with E-state index in [-0.39, 0.29) is 16.8 Å². The van der Waals surface area contributed by atoms with Crippen LogP contribution in [-0.4, -0.2) is 17.4 Å². The number of aromatic amines is 1. The number of carbonyl (C=O) groups is 1.